The number of aliphatic imine (C=N–C) groups is 1. The van der Waals surface area contributed by atoms with E-state index in [2.05, 4.69) is 20.9 Å². The van der Waals surface area contributed by atoms with Crippen molar-refractivity contribution < 1.29 is 0 Å². The molecule has 14 heavy (non-hydrogen) atoms. The molecule has 0 atom stereocenters. The molecule has 0 spiro atoms. The molecular weight excluding hydrogens is 261 g/mol. The zero-order valence-corrected chi connectivity index (χ0v) is 10.5. The first kappa shape index (κ1) is 11.7. The summed E-state index contributed by atoms with van der Waals surface area (Å²) in [4.78, 5) is 4.45. The Morgan fingerprint density at radius 1 is 1.43 bits per heavy atom. The van der Waals surface area contributed by atoms with E-state index in [-0.39, 0.29) is 0 Å². The molecule has 1 aromatic carbocycles. The van der Waals surface area contributed by atoms with E-state index < -0.39 is 0 Å². The van der Waals surface area contributed by atoms with Crippen molar-refractivity contribution in [2.45, 2.75) is 13.3 Å². The number of benzene rings is 1. The Kier molecular flexibility index (Phi) is 5.20. The van der Waals surface area contributed by atoms with E-state index in [1.165, 1.54) is 0 Å². The lowest BCUT2D eigenvalue weighted by Gasteiger charge is -2.02. The Balaban J connectivity index is 2.73. The Hall–Kier alpha value is -0.340. The first-order valence-electron chi connectivity index (χ1n) is 4.57. The van der Waals surface area contributed by atoms with Crippen molar-refractivity contribution in [1.29, 1.82) is 0 Å². The molecular formula is C11H13BrClN. The van der Waals surface area contributed by atoms with Crippen LogP contribution in [-0.4, -0.2) is 17.6 Å². The van der Waals surface area contributed by atoms with Crippen molar-refractivity contribution in [3.63, 3.8) is 0 Å². The van der Waals surface area contributed by atoms with Crippen LogP contribution in [-0.2, 0) is 0 Å². The zero-order chi connectivity index (χ0) is 10.4. The van der Waals surface area contributed by atoms with Crippen LogP contribution in [0.4, 0.5) is 0 Å². The van der Waals surface area contributed by atoms with Gasteiger partial charge in [-0.25, -0.2) is 0 Å². The van der Waals surface area contributed by atoms with Crippen molar-refractivity contribution in [3.05, 3.63) is 34.9 Å². The Labute approximate surface area is 98.3 Å². The molecule has 0 saturated heterocycles. The summed E-state index contributed by atoms with van der Waals surface area (Å²) in [5.41, 5.74) is 2.04. The van der Waals surface area contributed by atoms with Gasteiger partial charge in [0.1, 0.15) is 0 Å². The first-order valence-corrected chi connectivity index (χ1v) is 6.07. The second-order valence-electron chi connectivity index (χ2n) is 2.99. The Morgan fingerprint density at radius 3 is 2.79 bits per heavy atom. The molecule has 0 aliphatic heterocycles. The maximum atomic E-state index is 6.04. The van der Waals surface area contributed by atoms with Gasteiger partial charge in [-0.3, -0.25) is 4.99 Å². The molecule has 0 unspecified atom stereocenters. The fraction of sp³-hybridized carbons (Fsp3) is 0.364. The minimum absolute atomic E-state index is 0.771. The summed E-state index contributed by atoms with van der Waals surface area (Å²) >= 11 is 9.42. The lowest BCUT2D eigenvalue weighted by molar-refractivity contribution is 0.948. The monoisotopic (exact) mass is 273 g/mol. The van der Waals surface area contributed by atoms with Gasteiger partial charge in [0.2, 0.25) is 0 Å². The molecule has 0 radical (unpaired) electrons. The molecule has 0 amide bonds. The lowest BCUT2D eigenvalue weighted by atomic mass is 10.1. The van der Waals surface area contributed by atoms with Gasteiger partial charge in [-0.05, 0) is 19.4 Å². The van der Waals surface area contributed by atoms with Crippen LogP contribution in [0, 0.1) is 0 Å². The average molecular weight is 275 g/mol. The Bertz CT molecular complexity index is 323. The highest BCUT2D eigenvalue weighted by Gasteiger charge is 2.00. The van der Waals surface area contributed by atoms with Crippen LogP contribution in [0.2, 0.25) is 5.02 Å². The molecule has 0 aliphatic rings. The molecule has 0 fully saturated rings. The van der Waals surface area contributed by atoms with Gasteiger partial charge in [-0.15, -0.1) is 0 Å². The first-order chi connectivity index (χ1) is 6.75. The van der Waals surface area contributed by atoms with E-state index in [1.807, 2.05) is 31.2 Å². The van der Waals surface area contributed by atoms with E-state index >= 15 is 0 Å². The summed E-state index contributed by atoms with van der Waals surface area (Å²) < 4.78 is 0. The second kappa shape index (κ2) is 6.20. The molecule has 0 aromatic heterocycles. The van der Waals surface area contributed by atoms with Gasteiger partial charge < -0.3 is 0 Å². The van der Waals surface area contributed by atoms with Crippen LogP contribution in [0.5, 0.6) is 0 Å². The lowest BCUT2D eigenvalue weighted by Crippen LogP contribution is -1.97. The molecule has 0 bridgehead atoms. The summed E-state index contributed by atoms with van der Waals surface area (Å²) in [6, 6.07) is 7.79. The number of rotatable bonds is 4. The highest BCUT2D eigenvalue weighted by atomic mass is 79.9. The minimum atomic E-state index is 0.771. The van der Waals surface area contributed by atoms with Crippen molar-refractivity contribution in [2.75, 3.05) is 11.9 Å². The van der Waals surface area contributed by atoms with Gasteiger partial charge in [0.05, 0.1) is 0 Å². The third-order valence-corrected chi connectivity index (χ3v) is 2.79. The molecule has 0 saturated carbocycles. The molecule has 0 heterocycles. The number of nitrogens with zero attached hydrogens (tertiary/aromatic N) is 1. The van der Waals surface area contributed by atoms with Crippen LogP contribution in [0.3, 0.4) is 0 Å². The van der Waals surface area contributed by atoms with Crippen molar-refractivity contribution in [2.24, 2.45) is 4.99 Å². The normalized spacial score (nSPS) is 11.8. The van der Waals surface area contributed by atoms with Gasteiger partial charge in [0.25, 0.3) is 0 Å². The van der Waals surface area contributed by atoms with Gasteiger partial charge in [-0.1, -0.05) is 45.7 Å². The fourth-order valence-electron chi connectivity index (χ4n) is 1.15. The molecule has 1 nitrogen and oxygen atoms in total. The third kappa shape index (κ3) is 3.43. The average Bonchev–Trinajstić information content (AvgIpc) is 2.18. The van der Waals surface area contributed by atoms with Crippen molar-refractivity contribution >= 4 is 33.2 Å². The van der Waals surface area contributed by atoms with E-state index in [0.717, 1.165) is 34.6 Å². The zero-order valence-electron chi connectivity index (χ0n) is 8.13. The quantitative estimate of drug-likeness (QED) is 0.448. The summed E-state index contributed by atoms with van der Waals surface area (Å²) in [7, 11) is 0. The summed E-state index contributed by atoms with van der Waals surface area (Å²) in [5, 5.41) is 1.76. The molecule has 3 heteroatoms. The maximum absolute atomic E-state index is 6.04. The Morgan fingerprint density at radius 2 is 2.14 bits per heavy atom. The summed E-state index contributed by atoms with van der Waals surface area (Å²) in [6.45, 7) is 2.84. The highest BCUT2D eigenvalue weighted by Crippen LogP contribution is 2.15. The molecule has 1 rings (SSSR count). The van der Waals surface area contributed by atoms with Gasteiger partial charge >= 0.3 is 0 Å². The summed E-state index contributed by atoms with van der Waals surface area (Å²) in [6.07, 6.45) is 1.06. The number of alkyl halides is 1. The van der Waals surface area contributed by atoms with Crippen molar-refractivity contribution in [3.8, 4) is 0 Å². The fourth-order valence-corrected chi connectivity index (χ4v) is 1.67. The molecule has 0 aliphatic carbocycles. The molecule has 0 N–H and O–H groups in total. The van der Waals surface area contributed by atoms with Crippen LogP contribution < -0.4 is 0 Å². The van der Waals surface area contributed by atoms with E-state index in [1.54, 1.807) is 0 Å². The van der Waals surface area contributed by atoms with Crippen molar-refractivity contribution in [1.82, 2.24) is 0 Å². The smallest absolute Gasteiger partial charge is 0.0496 e. The molecule has 1 aromatic rings. The van der Waals surface area contributed by atoms with Gasteiger partial charge in [0, 0.05) is 28.2 Å². The van der Waals surface area contributed by atoms with E-state index in [0.29, 0.717) is 0 Å². The van der Waals surface area contributed by atoms with E-state index in [9.17, 15) is 0 Å². The minimum Gasteiger partial charge on any atom is -0.289 e. The molecule has 76 valence electrons. The van der Waals surface area contributed by atoms with Gasteiger partial charge in [-0.2, -0.15) is 0 Å². The van der Waals surface area contributed by atoms with E-state index in [4.69, 9.17) is 11.6 Å². The SMILES string of the molecule is CC(=NCCCBr)c1ccccc1Cl. The second-order valence-corrected chi connectivity index (χ2v) is 4.19. The van der Waals surface area contributed by atoms with Crippen LogP contribution >= 0.6 is 27.5 Å². The predicted molar refractivity (Wildman–Crippen MR) is 66.9 cm³/mol. The highest BCUT2D eigenvalue weighted by molar-refractivity contribution is 9.09. The number of halogens is 2. The standard InChI is InChI=1S/C11H13BrClN/c1-9(14-8-4-7-12)10-5-2-3-6-11(10)13/h2-3,5-6H,4,7-8H2,1H3. The predicted octanol–water partition coefficient (Wildman–Crippen LogP) is 3.93. The maximum Gasteiger partial charge on any atom is 0.0496 e. The largest absolute Gasteiger partial charge is 0.289 e. The van der Waals surface area contributed by atoms with Gasteiger partial charge in [0.15, 0.2) is 0 Å². The number of hydrogen-bond donors (Lipinski definition) is 0. The summed E-state index contributed by atoms with van der Waals surface area (Å²) in [5.74, 6) is 0. The third-order valence-electron chi connectivity index (χ3n) is 1.90. The number of hydrogen-bond acceptors (Lipinski definition) is 1. The topological polar surface area (TPSA) is 12.4 Å². The van der Waals surface area contributed by atoms with Crippen LogP contribution in [0.15, 0.2) is 29.3 Å². The van der Waals surface area contributed by atoms with Crippen LogP contribution in [0.25, 0.3) is 0 Å². The van der Waals surface area contributed by atoms with Crippen LogP contribution in [0.1, 0.15) is 18.9 Å².